The highest BCUT2D eigenvalue weighted by atomic mass is 32.2. The van der Waals surface area contributed by atoms with Crippen molar-refractivity contribution < 1.29 is 4.79 Å². The zero-order chi connectivity index (χ0) is 14.5. The molecule has 0 N–H and O–H groups in total. The van der Waals surface area contributed by atoms with E-state index in [4.69, 9.17) is 0 Å². The highest BCUT2D eigenvalue weighted by Gasteiger charge is 2.11. The molecule has 0 unspecified atom stereocenters. The van der Waals surface area contributed by atoms with E-state index in [1.165, 1.54) is 16.6 Å². The van der Waals surface area contributed by atoms with Gasteiger partial charge in [-0.05, 0) is 13.8 Å². The first-order valence-corrected chi connectivity index (χ1v) is 8.98. The smallest absolute Gasteiger partial charge is 0.232 e. The number of likely N-dealkylation sites (N-methyl/N-ethyl adjacent to an activating group) is 1. The Balaban J connectivity index is 1.76. The van der Waals surface area contributed by atoms with E-state index < -0.39 is 0 Å². The number of thiazole rings is 2. The fourth-order valence-corrected chi connectivity index (χ4v) is 4.15. The van der Waals surface area contributed by atoms with Gasteiger partial charge in [0.15, 0.2) is 4.34 Å². The van der Waals surface area contributed by atoms with E-state index in [0.29, 0.717) is 5.75 Å². The van der Waals surface area contributed by atoms with Crippen LogP contribution in [0.25, 0.3) is 0 Å². The second kappa shape index (κ2) is 7.19. The van der Waals surface area contributed by atoms with Crippen LogP contribution in [0.15, 0.2) is 15.2 Å². The van der Waals surface area contributed by atoms with Crippen LogP contribution in [0, 0.1) is 13.8 Å². The zero-order valence-corrected chi connectivity index (χ0v) is 14.2. The highest BCUT2D eigenvalue weighted by Crippen LogP contribution is 2.22. The maximum absolute atomic E-state index is 12.0. The lowest BCUT2D eigenvalue weighted by Crippen LogP contribution is -2.30. The Bertz CT molecular complexity index is 579. The van der Waals surface area contributed by atoms with Gasteiger partial charge in [0.05, 0.1) is 17.0 Å². The summed E-state index contributed by atoms with van der Waals surface area (Å²) < 4.78 is 0.961. The van der Waals surface area contributed by atoms with Gasteiger partial charge in [0.25, 0.3) is 0 Å². The Labute approximate surface area is 131 Å². The Hall–Kier alpha value is -0.920. The van der Waals surface area contributed by atoms with Gasteiger partial charge in [0.2, 0.25) is 5.91 Å². The number of nitrogens with zero attached hydrogens (tertiary/aromatic N) is 3. The van der Waals surface area contributed by atoms with E-state index in [1.54, 1.807) is 27.6 Å². The van der Waals surface area contributed by atoms with Crippen molar-refractivity contribution in [2.45, 2.75) is 24.6 Å². The van der Waals surface area contributed by atoms with Crippen LogP contribution in [0.2, 0.25) is 0 Å². The van der Waals surface area contributed by atoms with E-state index in [1.807, 2.05) is 31.8 Å². The molecule has 2 rings (SSSR count). The van der Waals surface area contributed by atoms with Gasteiger partial charge in [-0.2, -0.15) is 0 Å². The Morgan fingerprint density at radius 3 is 2.80 bits per heavy atom. The SMILES string of the molecule is Cc1csc(SCC(=O)N(C)CCc2scnc2C)n1. The number of thioether (sulfide) groups is 1. The maximum atomic E-state index is 12.0. The first kappa shape index (κ1) is 15.5. The van der Waals surface area contributed by atoms with Crippen molar-refractivity contribution in [1.29, 1.82) is 0 Å². The number of hydrogen-bond donors (Lipinski definition) is 0. The van der Waals surface area contributed by atoms with Crippen molar-refractivity contribution in [3.63, 3.8) is 0 Å². The van der Waals surface area contributed by atoms with E-state index in [2.05, 4.69) is 9.97 Å². The minimum atomic E-state index is 0.144. The summed E-state index contributed by atoms with van der Waals surface area (Å²) in [6.45, 7) is 4.71. The van der Waals surface area contributed by atoms with Crippen molar-refractivity contribution in [2.24, 2.45) is 0 Å². The monoisotopic (exact) mass is 327 g/mol. The van der Waals surface area contributed by atoms with Gasteiger partial charge in [-0.25, -0.2) is 9.97 Å². The lowest BCUT2D eigenvalue weighted by molar-refractivity contribution is -0.127. The van der Waals surface area contributed by atoms with Crippen molar-refractivity contribution in [1.82, 2.24) is 14.9 Å². The molecule has 2 aromatic heterocycles. The molecule has 0 saturated carbocycles. The summed E-state index contributed by atoms with van der Waals surface area (Å²) >= 11 is 4.76. The highest BCUT2D eigenvalue weighted by molar-refractivity contribution is 8.01. The number of amides is 1. The number of carbonyl (C=O) groups is 1. The molecular weight excluding hydrogens is 310 g/mol. The van der Waals surface area contributed by atoms with Gasteiger partial charge in [-0.3, -0.25) is 4.79 Å². The molecule has 0 aromatic carbocycles. The average molecular weight is 328 g/mol. The van der Waals surface area contributed by atoms with E-state index in [9.17, 15) is 4.79 Å². The molecule has 4 nitrogen and oxygen atoms in total. The summed E-state index contributed by atoms with van der Waals surface area (Å²) in [6.07, 6.45) is 0.875. The number of carbonyl (C=O) groups excluding carboxylic acids is 1. The molecule has 2 heterocycles. The standard InChI is InChI=1S/C13H17N3OS3/c1-9-6-18-13(15-9)19-7-12(17)16(3)5-4-11-10(2)14-8-20-11/h6,8H,4-5,7H2,1-3H3. The van der Waals surface area contributed by atoms with Crippen molar-refractivity contribution in [3.05, 3.63) is 27.2 Å². The molecule has 0 spiro atoms. The number of hydrogen-bond acceptors (Lipinski definition) is 6. The van der Waals surface area contributed by atoms with Crippen LogP contribution in [-0.2, 0) is 11.2 Å². The van der Waals surface area contributed by atoms with Gasteiger partial charge in [0.1, 0.15) is 0 Å². The van der Waals surface area contributed by atoms with Gasteiger partial charge in [0, 0.05) is 36.0 Å². The fourth-order valence-electron chi connectivity index (χ4n) is 1.59. The quantitative estimate of drug-likeness (QED) is 0.765. The summed E-state index contributed by atoms with van der Waals surface area (Å²) in [4.78, 5) is 23.6. The normalized spacial score (nSPS) is 10.8. The number of rotatable bonds is 6. The van der Waals surface area contributed by atoms with Gasteiger partial charge in [-0.1, -0.05) is 11.8 Å². The Morgan fingerprint density at radius 2 is 2.20 bits per heavy atom. The molecular formula is C13H17N3OS3. The molecule has 0 radical (unpaired) electrons. The molecule has 20 heavy (non-hydrogen) atoms. The molecule has 1 amide bonds. The molecule has 0 atom stereocenters. The second-order valence-electron chi connectivity index (χ2n) is 4.47. The Morgan fingerprint density at radius 1 is 1.40 bits per heavy atom. The third kappa shape index (κ3) is 4.29. The summed E-state index contributed by atoms with van der Waals surface area (Å²) in [6, 6.07) is 0. The predicted molar refractivity (Wildman–Crippen MR) is 85.8 cm³/mol. The number of aromatic nitrogens is 2. The first-order chi connectivity index (χ1) is 9.56. The molecule has 0 saturated heterocycles. The molecule has 108 valence electrons. The maximum Gasteiger partial charge on any atom is 0.232 e. The van der Waals surface area contributed by atoms with E-state index >= 15 is 0 Å². The lowest BCUT2D eigenvalue weighted by Gasteiger charge is -2.16. The van der Waals surface area contributed by atoms with Crippen LogP contribution in [0.5, 0.6) is 0 Å². The largest absolute Gasteiger partial charge is 0.345 e. The minimum Gasteiger partial charge on any atom is -0.345 e. The lowest BCUT2D eigenvalue weighted by atomic mass is 10.3. The number of aryl methyl sites for hydroxylation is 2. The average Bonchev–Trinajstić information content (AvgIpc) is 3.02. The van der Waals surface area contributed by atoms with E-state index in [0.717, 1.165) is 28.7 Å². The van der Waals surface area contributed by atoms with Gasteiger partial charge < -0.3 is 4.90 Å². The summed E-state index contributed by atoms with van der Waals surface area (Å²) in [5.74, 6) is 0.593. The summed E-state index contributed by atoms with van der Waals surface area (Å²) in [5, 5.41) is 2.00. The molecule has 0 fully saturated rings. The first-order valence-electron chi connectivity index (χ1n) is 6.24. The molecule has 2 aromatic rings. The fraction of sp³-hybridized carbons (Fsp3) is 0.462. The van der Waals surface area contributed by atoms with Crippen molar-refractivity contribution >= 4 is 40.3 Å². The Kier molecular flexibility index (Phi) is 5.56. The molecule has 0 aliphatic heterocycles. The molecule has 7 heteroatoms. The minimum absolute atomic E-state index is 0.144. The van der Waals surface area contributed by atoms with Crippen LogP contribution >= 0.6 is 34.4 Å². The van der Waals surface area contributed by atoms with E-state index in [-0.39, 0.29) is 5.91 Å². The van der Waals surface area contributed by atoms with Crippen molar-refractivity contribution in [3.8, 4) is 0 Å². The summed E-state index contributed by atoms with van der Waals surface area (Å²) in [7, 11) is 1.85. The van der Waals surface area contributed by atoms with Crippen LogP contribution in [0.4, 0.5) is 0 Å². The van der Waals surface area contributed by atoms with Crippen LogP contribution in [0.1, 0.15) is 16.3 Å². The molecule has 0 bridgehead atoms. The third-order valence-corrected chi connectivity index (χ3v) is 5.98. The summed E-state index contributed by atoms with van der Waals surface area (Å²) in [5.41, 5.74) is 3.94. The molecule has 0 aliphatic carbocycles. The van der Waals surface area contributed by atoms with Gasteiger partial charge >= 0.3 is 0 Å². The van der Waals surface area contributed by atoms with Crippen LogP contribution in [0.3, 0.4) is 0 Å². The predicted octanol–water partition coefficient (Wildman–Crippen LogP) is 3.01. The molecule has 0 aliphatic rings. The van der Waals surface area contributed by atoms with Crippen molar-refractivity contribution in [2.75, 3.05) is 19.3 Å². The van der Waals surface area contributed by atoms with Crippen LogP contribution in [-0.4, -0.2) is 40.1 Å². The zero-order valence-electron chi connectivity index (χ0n) is 11.8. The topological polar surface area (TPSA) is 46.1 Å². The second-order valence-corrected chi connectivity index (χ2v) is 7.49. The third-order valence-electron chi connectivity index (χ3n) is 2.86. The van der Waals surface area contributed by atoms with Crippen LogP contribution < -0.4 is 0 Å². The van der Waals surface area contributed by atoms with Gasteiger partial charge in [-0.15, -0.1) is 22.7 Å².